The van der Waals surface area contributed by atoms with Gasteiger partial charge in [0, 0.05) is 42.4 Å². The van der Waals surface area contributed by atoms with Gasteiger partial charge in [-0.1, -0.05) is 30.9 Å². The Labute approximate surface area is 213 Å². The quantitative estimate of drug-likeness (QED) is 0.498. The molecule has 1 aliphatic heterocycles. The van der Waals surface area contributed by atoms with Crippen LogP contribution in [-0.4, -0.2) is 60.1 Å². The second-order valence-electron chi connectivity index (χ2n) is 10.6. The van der Waals surface area contributed by atoms with Crippen LogP contribution in [0, 0.1) is 5.92 Å². The monoisotopic (exact) mass is 506 g/mol. The molecular weight excluding hydrogens is 468 g/mol. The molecule has 9 heteroatoms. The van der Waals surface area contributed by atoms with Gasteiger partial charge in [0.15, 0.2) is 0 Å². The summed E-state index contributed by atoms with van der Waals surface area (Å²) in [5.41, 5.74) is 0.00687. The number of anilines is 1. The highest BCUT2D eigenvalue weighted by molar-refractivity contribution is 6.39. The Bertz CT molecular complexity index is 865. The number of nitrogens with zero attached hydrogens (tertiary/aromatic N) is 1. The minimum atomic E-state index is -0.675. The molecule has 1 aromatic rings. The van der Waals surface area contributed by atoms with E-state index in [0.29, 0.717) is 29.2 Å². The molecule has 1 aromatic carbocycles. The number of likely N-dealkylation sites (tertiary alicyclic amines) is 1. The first-order valence-corrected chi connectivity index (χ1v) is 13.1. The van der Waals surface area contributed by atoms with Gasteiger partial charge < -0.3 is 20.7 Å². The second-order valence-corrected chi connectivity index (χ2v) is 11.0. The number of carbonyl (C=O) groups excluding carboxylic acids is 3. The molecule has 0 bridgehead atoms. The van der Waals surface area contributed by atoms with E-state index in [4.69, 9.17) is 16.3 Å². The molecule has 2 unspecified atom stereocenters. The van der Waals surface area contributed by atoms with Crippen molar-refractivity contribution in [3.63, 3.8) is 0 Å². The molecule has 1 heterocycles. The van der Waals surface area contributed by atoms with Crippen LogP contribution in [0.2, 0.25) is 5.02 Å². The highest BCUT2D eigenvalue weighted by atomic mass is 35.5. The molecule has 3 amide bonds. The summed E-state index contributed by atoms with van der Waals surface area (Å²) in [5, 5.41) is 9.00. The first-order valence-electron chi connectivity index (χ1n) is 12.7. The zero-order valence-electron chi connectivity index (χ0n) is 21.1. The lowest BCUT2D eigenvalue weighted by Gasteiger charge is -2.44. The zero-order chi connectivity index (χ0) is 25.4. The van der Waals surface area contributed by atoms with E-state index in [1.54, 1.807) is 24.3 Å². The third kappa shape index (κ3) is 9.00. The molecule has 1 aliphatic carbocycles. The smallest absolute Gasteiger partial charge is 0.407 e. The molecule has 35 heavy (non-hydrogen) atoms. The summed E-state index contributed by atoms with van der Waals surface area (Å²) in [5.74, 6) is -0.731. The third-order valence-electron chi connectivity index (χ3n) is 6.66. The number of hydrogen-bond donors (Lipinski definition) is 3. The van der Waals surface area contributed by atoms with Gasteiger partial charge in [-0.05, 0) is 76.6 Å². The molecule has 194 valence electrons. The van der Waals surface area contributed by atoms with Crippen LogP contribution < -0.4 is 16.0 Å². The topological polar surface area (TPSA) is 99.8 Å². The van der Waals surface area contributed by atoms with Crippen LogP contribution in [0.25, 0.3) is 0 Å². The molecule has 8 nitrogen and oxygen atoms in total. The highest BCUT2D eigenvalue weighted by Gasteiger charge is 2.35. The van der Waals surface area contributed by atoms with E-state index in [-0.39, 0.29) is 6.04 Å². The number of hydrogen-bond acceptors (Lipinski definition) is 5. The minimum Gasteiger partial charge on any atom is -0.444 e. The van der Waals surface area contributed by atoms with E-state index in [1.807, 2.05) is 20.8 Å². The summed E-state index contributed by atoms with van der Waals surface area (Å²) in [7, 11) is 0. The summed E-state index contributed by atoms with van der Waals surface area (Å²) in [6.45, 7) is 7.60. The highest BCUT2D eigenvalue weighted by Crippen LogP contribution is 2.33. The first kappa shape index (κ1) is 27.3. The van der Waals surface area contributed by atoms with Crippen LogP contribution in [-0.2, 0) is 14.3 Å². The second kappa shape index (κ2) is 12.6. The molecular formula is C26H39ClN4O4. The molecule has 3 N–H and O–H groups in total. The predicted molar refractivity (Wildman–Crippen MR) is 137 cm³/mol. The Kier molecular flexibility index (Phi) is 9.80. The minimum absolute atomic E-state index is 0.0551. The predicted octanol–water partition coefficient (Wildman–Crippen LogP) is 4.33. The summed E-state index contributed by atoms with van der Waals surface area (Å²) >= 11 is 5.88. The van der Waals surface area contributed by atoms with Crippen LogP contribution in [0.15, 0.2) is 24.3 Å². The normalized spacial score (nSPS) is 21.7. The number of alkyl carbamates (subject to hydrolysis) is 1. The lowest BCUT2D eigenvalue weighted by Crippen LogP contribution is -2.55. The van der Waals surface area contributed by atoms with Crippen LogP contribution in [0.3, 0.4) is 0 Å². The van der Waals surface area contributed by atoms with Crippen LogP contribution >= 0.6 is 11.6 Å². The largest absolute Gasteiger partial charge is 0.444 e. The molecule has 0 radical (unpaired) electrons. The van der Waals surface area contributed by atoms with Crippen molar-refractivity contribution in [2.75, 3.05) is 25.0 Å². The van der Waals surface area contributed by atoms with Crippen molar-refractivity contribution in [3.8, 4) is 0 Å². The SMILES string of the molecule is CC(C)(C)OC(=O)NCCN1CCC(NC(=O)C(=O)Nc2ccc(Cl)cc2)CC1C1CCCCC1. The van der Waals surface area contributed by atoms with Gasteiger partial charge in [-0.25, -0.2) is 4.79 Å². The van der Waals surface area contributed by atoms with Gasteiger partial charge in [0.1, 0.15) is 5.60 Å². The molecule has 2 fully saturated rings. The average Bonchev–Trinajstić information content (AvgIpc) is 2.80. The van der Waals surface area contributed by atoms with E-state index in [2.05, 4.69) is 20.9 Å². The van der Waals surface area contributed by atoms with E-state index in [9.17, 15) is 14.4 Å². The molecule has 3 rings (SSSR count). The Hall–Kier alpha value is -2.32. The fourth-order valence-corrected chi connectivity index (χ4v) is 5.18. The van der Waals surface area contributed by atoms with E-state index in [0.717, 1.165) is 25.9 Å². The molecule has 1 saturated carbocycles. The van der Waals surface area contributed by atoms with Gasteiger partial charge in [0.2, 0.25) is 0 Å². The van der Waals surface area contributed by atoms with Crippen molar-refractivity contribution < 1.29 is 19.1 Å². The van der Waals surface area contributed by atoms with Crippen LogP contribution in [0.4, 0.5) is 10.5 Å². The lowest BCUT2D eigenvalue weighted by molar-refractivity contribution is -0.137. The lowest BCUT2D eigenvalue weighted by atomic mass is 9.78. The molecule has 2 aliphatic rings. The van der Waals surface area contributed by atoms with Crippen LogP contribution in [0.1, 0.15) is 65.7 Å². The summed E-state index contributed by atoms with van der Waals surface area (Å²) in [6.07, 6.45) is 7.25. The summed E-state index contributed by atoms with van der Waals surface area (Å²) < 4.78 is 5.34. The summed E-state index contributed by atoms with van der Waals surface area (Å²) in [6, 6.07) is 6.91. The fourth-order valence-electron chi connectivity index (χ4n) is 5.05. The van der Waals surface area contributed by atoms with Gasteiger partial charge in [-0.2, -0.15) is 0 Å². The summed E-state index contributed by atoms with van der Waals surface area (Å²) in [4.78, 5) is 39.4. The fraction of sp³-hybridized carbons (Fsp3) is 0.654. The van der Waals surface area contributed by atoms with Crippen molar-refractivity contribution in [2.24, 2.45) is 5.92 Å². The third-order valence-corrected chi connectivity index (χ3v) is 6.92. The first-order chi connectivity index (χ1) is 16.6. The average molecular weight is 507 g/mol. The van der Waals surface area contributed by atoms with Crippen LogP contribution in [0.5, 0.6) is 0 Å². The van der Waals surface area contributed by atoms with Crippen molar-refractivity contribution in [1.29, 1.82) is 0 Å². The number of amides is 3. The Morgan fingerprint density at radius 3 is 2.37 bits per heavy atom. The number of nitrogens with one attached hydrogen (secondary N) is 3. The number of carbonyl (C=O) groups is 3. The number of rotatable bonds is 6. The number of piperidine rings is 1. The maximum atomic E-state index is 12.6. The number of halogens is 1. The molecule has 1 saturated heterocycles. The molecule has 2 atom stereocenters. The maximum Gasteiger partial charge on any atom is 0.407 e. The maximum absolute atomic E-state index is 12.6. The van der Waals surface area contributed by atoms with Gasteiger partial charge in [0.05, 0.1) is 0 Å². The van der Waals surface area contributed by atoms with E-state index < -0.39 is 23.5 Å². The Morgan fingerprint density at radius 2 is 1.71 bits per heavy atom. The molecule has 0 spiro atoms. The molecule has 0 aromatic heterocycles. The number of ether oxygens (including phenoxy) is 1. The van der Waals surface area contributed by atoms with E-state index >= 15 is 0 Å². The number of benzene rings is 1. The Balaban J connectivity index is 1.53. The standard InChI is InChI=1S/C26H39ClN4O4/c1-26(2,3)35-25(34)28-14-16-31-15-13-21(17-22(31)18-7-5-4-6-8-18)30-24(33)23(32)29-20-11-9-19(27)10-12-20/h9-12,18,21-22H,4-8,13-17H2,1-3H3,(H,28,34)(H,29,32)(H,30,33). The zero-order valence-corrected chi connectivity index (χ0v) is 21.8. The van der Waals surface area contributed by atoms with Gasteiger partial charge >= 0.3 is 17.9 Å². The Morgan fingerprint density at radius 1 is 1.03 bits per heavy atom. The van der Waals surface area contributed by atoms with Crippen molar-refractivity contribution in [1.82, 2.24) is 15.5 Å². The van der Waals surface area contributed by atoms with Crippen molar-refractivity contribution >= 4 is 35.2 Å². The van der Waals surface area contributed by atoms with Crippen molar-refractivity contribution in [2.45, 2.75) is 83.4 Å². The van der Waals surface area contributed by atoms with Gasteiger partial charge in [0.25, 0.3) is 0 Å². The van der Waals surface area contributed by atoms with Gasteiger partial charge in [-0.15, -0.1) is 0 Å². The van der Waals surface area contributed by atoms with Crippen molar-refractivity contribution in [3.05, 3.63) is 29.3 Å². The van der Waals surface area contributed by atoms with E-state index in [1.165, 1.54) is 32.1 Å². The van der Waals surface area contributed by atoms with Gasteiger partial charge in [-0.3, -0.25) is 14.5 Å².